The largest absolute Gasteiger partial charge is 0.497 e. The highest BCUT2D eigenvalue weighted by Crippen LogP contribution is 2.38. The van der Waals surface area contributed by atoms with Crippen molar-refractivity contribution < 1.29 is 40.6 Å². The summed E-state index contributed by atoms with van der Waals surface area (Å²) in [6, 6.07) is 36.4. The molecular formula is C55H62N6O9S2. The topological polar surface area (TPSA) is 167 Å². The zero-order chi connectivity index (χ0) is 51.0. The van der Waals surface area contributed by atoms with Crippen LogP contribution in [0.1, 0.15) is 58.0 Å². The van der Waals surface area contributed by atoms with Gasteiger partial charge in [0.05, 0.1) is 42.5 Å². The lowest BCUT2D eigenvalue weighted by Gasteiger charge is -2.37. The monoisotopic (exact) mass is 1010 g/mol. The van der Waals surface area contributed by atoms with E-state index in [0.29, 0.717) is 98.3 Å². The maximum Gasteiger partial charge on any atom is 0.261 e. The van der Waals surface area contributed by atoms with E-state index in [1.165, 1.54) is 25.3 Å². The Hall–Kier alpha value is -7.24. The third-order valence-corrected chi connectivity index (χ3v) is 16.0. The van der Waals surface area contributed by atoms with Gasteiger partial charge in [-0.25, -0.2) is 16.8 Å². The number of carbonyl (C=O) groups excluding carboxylic acids is 2. The van der Waals surface area contributed by atoms with E-state index >= 15 is 0 Å². The van der Waals surface area contributed by atoms with Gasteiger partial charge in [0.1, 0.15) is 17.2 Å². The van der Waals surface area contributed by atoms with Gasteiger partial charge in [0.25, 0.3) is 31.9 Å². The van der Waals surface area contributed by atoms with Crippen molar-refractivity contribution in [3.63, 3.8) is 0 Å². The summed E-state index contributed by atoms with van der Waals surface area (Å²) in [5, 5.41) is 0. The van der Waals surface area contributed by atoms with Crippen molar-refractivity contribution in [2.45, 2.75) is 49.3 Å². The van der Waals surface area contributed by atoms with Crippen molar-refractivity contribution in [2.24, 2.45) is 0 Å². The number of nitrogens with zero attached hydrogens (tertiary/aromatic N) is 4. The van der Waals surface area contributed by atoms with Crippen molar-refractivity contribution in [2.75, 3.05) is 92.9 Å². The Morgan fingerprint density at radius 3 is 1.83 bits per heavy atom. The lowest BCUT2D eigenvalue weighted by atomic mass is 9.95. The second kappa shape index (κ2) is 22.5. The first-order valence-corrected chi connectivity index (χ1v) is 27.1. The number of sulfonamides is 2. The molecule has 2 saturated heterocycles. The molecule has 0 atom stereocenters. The van der Waals surface area contributed by atoms with Gasteiger partial charge >= 0.3 is 0 Å². The SMILES string of the molecule is CCCCc1ccc(NS(=O)(=O)c2cc(C(=O)N3CCN(c4ccccc4OC)CC3)c(C)c(-c3ccc(OC)c(N4CCCN(C(=O)c5cccc(S(=O)(=O)Nc6ccc(OC)cc6)c5)CC4)c3)c2)cc1. The molecule has 0 saturated carbocycles. The molecule has 2 heterocycles. The molecule has 0 bridgehead atoms. The number of amides is 2. The van der Waals surface area contributed by atoms with E-state index in [1.54, 1.807) is 78.6 Å². The van der Waals surface area contributed by atoms with Crippen LogP contribution in [0.2, 0.25) is 0 Å². The summed E-state index contributed by atoms with van der Waals surface area (Å²) in [6.45, 7) is 7.65. The van der Waals surface area contributed by atoms with Crippen LogP contribution in [0.5, 0.6) is 17.2 Å². The van der Waals surface area contributed by atoms with Crippen molar-refractivity contribution >= 4 is 54.6 Å². The number of ether oxygens (including phenoxy) is 3. The molecule has 2 fully saturated rings. The fraction of sp³-hybridized carbons (Fsp3) is 0.309. The number of para-hydroxylation sites is 2. The van der Waals surface area contributed by atoms with Gasteiger partial charge in [-0.15, -0.1) is 0 Å². The van der Waals surface area contributed by atoms with Crippen molar-refractivity contribution in [3.8, 4) is 28.4 Å². The van der Waals surface area contributed by atoms with E-state index in [0.717, 1.165) is 42.0 Å². The minimum Gasteiger partial charge on any atom is -0.497 e. The molecule has 0 radical (unpaired) electrons. The third-order valence-electron chi connectivity index (χ3n) is 13.3. The van der Waals surface area contributed by atoms with Crippen LogP contribution in [0.15, 0.2) is 137 Å². The molecule has 6 aromatic carbocycles. The number of hydrogen-bond acceptors (Lipinski definition) is 11. The minimum atomic E-state index is -4.20. The first kappa shape index (κ1) is 51.1. The maximum atomic E-state index is 14.7. The number of anilines is 4. The van der Waals surface area contributed by atoms with Gasteiger partial charge in [0, 0.05) is 74.9 Å². The first-order valence-electron chi connectivity index (χ1n) is 24.1. The second-order valence-corrected chi connectivity index (χ2v) is 21.2. The molecule has 2 aliphatic rings. The predicted molar refractivity (Wildman–Crippen MR) is 283 cm³/mol. The summed E-state index contributed by atoms with van der Waals surface area (Å²) < 4.78 is 77.7. The van der Waals surface area contributed by atoms with Crippen LogP contribution in [-0.4, -0.2) is 112 Å². The molecule has 2 N–H and O–H groups in total. The molecule has 378 valence electrons. The molecule has 6 aromatic rings. The van der Waals surface area contributed by atoms with Crippen LogP contribution in [0.3, 0.4) is 0 Å². The van der Waals surface area contributed by atoms with E-state index in [2.05, 4.69) is 26.2 Å². The zero-order valence-corrected chi connectivity index (χ0v) is 43.0. The molecule has 0 spiro atoms. The maximum absolute atomic E-state index is 14.7. The summed E-state index contributed by atoms with van der Waals surface area (Å²) >= 11 is 0. The molecular weight excluding hydrogens is 953 g/mol. The Balaban J connectivity index is 1.06. The molecule has 17 heteroatoms. The van der Waals surface area contributed by atoms with Crippen LogP contribution in [0.25, 0.3) is 11.1 Å². The molecule has 2 aliphatic heterocycles. The van der Waals surface area contributed by atoms with Gasteiger partial charge in [-0.3, -0.25) is 19.0 Å². The molecule has 2 amide bonds. The smallest absolute Gasteiger partial charge is 0.261 e. The number of hydrogen-bond donors (Lipinski definition) is 2. The quantitative estimate of drug-likeness (QED) is 0.0896. The Morgan fingerprint density at radius 2 is 1.18 bits per heavy atom. The van der Waals surface area contributed by atoms with Gasteiger partial charge in [-0.2, -0.15) is 0 Å². The fourth-order valence-electron chi connectivity index (χ4n) is 9.23. The van der Waals surface area contributed by atoms with E-state index in [-0.39, 0.29) is 32.7 Å². The standard InChI is InChI=1S/C55H62N6O9S2/c1-6-7-12-40-17-20-43(21-18-40)57-72(66,67)47-37-48(39(2)49(38-47)55(63)61-33-30-59(31-34-61)50-15-8-9-16-52(50)69-4)41-19-26-53(70-5)51(36-41)58-27-11-28-60(32-29-58)54(62)42-13-10-14-46(35-42)71(64,65)56-44-22-24-45(68-3)25-23-44/h8-10,13-26,35-38,56-57H,6-7,11-12,27-34H2,1-5H3. The van der Waals surface area contributed by atoms with Gasteiger partial charge in [0.2, 0.25) is 0 Å². The Labute approximate surface area is 423 Å². The number of carbonyl (C=O) groups is 2. The van der Waals surface area contributed by atoms with E-state index in [9.17, 15) is 26.4 Å². The van der Waals surface area contributed by atoms with Crippen molar-refractivity contribution in [1.82, 2.24) is 9.80 Å². The zero-order valence-electron chi connectivity index (χ0n) is 41.4. The fourth-order valence-corrected chi connectivity index (χ4v) is 11.4. The van der Waals surface area contributed by atoms with Crippen LogP contribution < -0.4 is 33.5 Å². The molecule has 8 rings (SSSR count). The molecule has 15 nitrogen and oxygen atoms in total. The van der Waals surface area contributed by atoms with Crippen molar-refractivity contribution in [1.29, 1.82) is 0 Å². The lowest BCUT2D eigenvalue weighted by molar-refractivity contribution is 0.0743. The highest BCUT2D eigenvalue weighted by Gasteiger charge is 2.30. The molecule has 72 heavy (non-hydrogen) atoms. The summed E-state index contributed by atoms with van der Waals surface area (Å²) in [5.41, 5.74) is 5.95. The summed E-state index contributed by atoms with van der Waals surface area (Å²) in [6.07, 6.45) is 3.57. The van der Waals surface area contributed by atoms with Crippen LogP contribution in [0, 0.1) is 6.92 Å². The lowest BCUT2D eigenvalue weighted by Crippen LogP contribution is -2.49. The number of benzene rings is 6. The van der Waals surface area contributed by atoms with E-state index in [1.807, 2.05) is 61.5 Å². The first-order chi connectivity index (χ1) is 34.7. The Bertz CT molecular complexity index is 3120. The Kier molecular flexibility index (Phi) is 15.9. The number of rotatable bonds is 17. The van der Waals surface area contributed by atoms with Gasteiger partial charge in [-0.05, 0) is 139 Å². The summed E-state index contributed by atoms with van der Waals surface area (Å²) in [5.74, 6) is 1.35. The Morgan fingerprint density at radius 1 is 0.569 bits per heavy atom. The van der Waals surface area contributed by atoms with Crippen LogP contribution >= 0.6 is 0 Å². The number of aryl methyl sites for hydroxylation is 1. The molecule has 0 aromatic heterocycles. The van der Waals surface area contributed by atoms with Gasteiger partial charge < -0.3 is 33.8 Å². The average Bonchev–Trinajstić information content (AvgIpc) is 3.67. The summed E-state index contributed by atoms with van der Waals surface area (Å²) in [7, 11) is -3.46. The van der Waals surface area contributed by atoms with E-state index in [4.69, 9.17) is 14.2 Å². The third kappa shape index (κ3) is 11.6. The second-order valence-electron chi connectivity index (χ2n) is 17.9. The number of piperazine rings is 1. The van der Waals surface area contributed by atoms with Crippen LogP contribution in [-0.2, 0) is 26.5 Å². The minimum absolute atomic E-state index is 0.0434. The molecule has 0 unspecified atom stereocenters. The number of unbranched alkanes of at least 4 members (excludes halogenated alkanes) is 1. The van der Waals surface area contributed by atoms with Crippen LogP contribution in [0.4, 0.5) is 22.7 Å². The van der Waals surface area contributed by atoms with Gasteiger partial charge in [0.15, 0.2) is 0 Å². The van der Waals surface area contributed by atoms with E-state index < -0.39 is 20.0 Å². The normalized spacial score (nSPS) is 14.3. The number of methoxy groups -OCH3 is 3. The highest BCUT2D eigenvalue weighted by atomic mass is 32.2. The highest BCUT2D eigenvalue weighted by molar-refractivity contribution is 7.93. The predicted octanol–water partition coefficient (Wildman–Crippen LogP) is 8.95. The van der Waals surface area contributed by atoms with Crippen molar-refractivity contribution in [3.05, 3.63) is 150 Å². The summed E-state index contributed by atoms with van der Waals surface area (Å²) in [4.78, 5) is 36.5. The average molecular weight is 1020 g/mol. The molecule has 0 aliphatic carbocycles. The van der Waals surface area contributed by atoms with Gasteiger partial charge in [-0.1, -0.05) is 49.7 Å². The number of nitrogens with one attached hydrogen (secondary N) is 2.